The largest absolute Gasteiger partial charge is 0.370 e. The predicted octanol–water partition coefficient (Wildman–Crippen LogP) is 2.25. The van der Waals surface area contributed by atoms with E-state index < -0.39 is 21.8 Å². The average molecular weight is 423 g/mol. The van der Waals surface area contributed by atoms with E-state index in [0.29, 0.717) is 11.1 Å². The summed E-state index contributed by atoms with van der Waals surface area (Å²) >= 11 is 0. The van der Waals surface area contributed by atoms with Gasteiger partial charge in [0.1, 0.15) is 6.54 Å². The van der Waals surface area contributed by atoms with Crippen molar-refractivity contribution in [2.45, 2.75) is 17.9 Å². The smallest absolute Gasteiger partial charge is 0.265 e. The van der Waals surface area contributed by atoms with Gasteiger partial charge in [-0.3, -0.25) is 13.9 Å². The van der Waals surface area contributed by atoms with Crippen LogP contribution in [0.3, 0.4) is 0 Å². The Balaban J connectivity index is 1.63. The van der Waals surface area contributed by atoms with Crippen LogP contribution in [0.15, 0.2) is 71.6 Å². The van der Waals surface area contributed by atoms with Crippen LogP contribution in [0.1, 0.15) is 12.0 Å². The molecule has 0 saturated carbocycles. The van der Waals surface area contributed by atoms with Gasteiger partial charge in [0.05, 0.1) is 10.6 Å². The predicted molar refractivity (Wildman–Crippen MR) is 114 cm³/mol. The molecule has 3 aromatic rings. The Labute approximate surface area is 174 Å². The number of nitrogens with two attached hydrogens (primary N) is 1. The summed E-state index contributed by atoms with van der Waals surface area (Å²) < 4.78 is 27.4. The molecule has 4 rings (SSSR count). The summed E-state index contributed by atoms with van der Waals surface area (Å²) in [7, 11) is -3.84. The molecule has 0 unspecified atom stereocenters. The zero-order valence-corrected chi connectivity index (χ0v) is 17.0. The van der Waals surface area contributed by atoms with Crippen LogP contribution < -0.4 is 10.0 Å². The van der Waals surface area contributed by atoms with Gasteiger partial charge < -0.3 is 10.6 Å². The van der Waals surface area contributed by atoms with Crippen LogP contribution in [0.25, 0.3) is 10.8 Å². The Bertz CT molecular complexity index is 1220. The molecule has 0 fully saturated rings. The number of amides is 2. The van der Waals surface area contributed by atoms with Gasteiger partial charge in [0, 0.05) is 24.9 Å². The highest BCUT2D eigenvalue weighted by molar-refractivity contribution is 7.93. The average Bonchev–Trinajstić information content (AvgIpc) is 2.95. The second-order valence-electron chi connectivity index (χ2n) is 7.16. The van der Waals surface area contributed by atoms with E-state index in [1.54, 1.807) is 24.3 Å². The first-order valence-electron chi connectivity index (χ1n) is 9.52. The molecule has 1 aliphatic heterocycles. The molecule has 0 aliphatic carbocycles. The lowest BCUT2D eigenvalue weighted by molar-refractivity contribution is -0.130. The van der Waals surface area contributed by atoms with E-state index in [0.717, 1.165) is 15.3 Å². The summed E-state index contributed by atoms with van der Waals surface area (Å²) in [6.07, 6.45) is 0.00112. The van der Waals surface area contributed by atoms with Crippen molar-refractivity contribution in [1.29, 1.82) is 0 Å². The normalized spacial score (nSPS) is 14.1. The number of rotatable bonds is 7. The van der Waals surface area contributed by atoms with E-state index in [1.165, 1.54) is 4.90 Å². The van der Waals surface area contributed by atoms with E-state index in [2.05, 4.69) is 0 Å². The van der Waals surface area contributed by atoms with Gasteiger partial charge in [0.15, 0.2) is 0 Å². The molecule has 2 N–H and O–H groups in total. The van der Waals surface area contributed by atoms with Crippen LogP contribution in [-0.4, -0.2) is 38.2 Å². The molecule has 0 aromatic heterocycles. The number of carbonyl (C=O) groups is 2. The highest BCUT2D eigenvalue weighted by Gasteiger charge is 2.37. The summed E-state index contributed by atoms with van der Waals surface area (Å²) in [6.45, 7) is 0.0355. The molecule has 0 atom stereocenters. The monoisotopic (exact) mass is 423 g/mol. The van der Waals surface area contributed by atoms with Crippen molar-refractivity contribution in [1.82, 2.24) is 4.90 Å². The molecule has 7 nitrogen and oxygen atoms in total. The molecule has 0 bridgehead atoms. The summed E-state index contributed by atoms with van der Waals surface area (Å²) in [6, 6.07) is 19.7. The molecule has 30 heavy (non-hydrogen) atoms. The van der Waals surface area contributed by atoms with Crippen LogP contribution in [0.5, 0.6) is 0 Å². The van der Waals surface area contributed by atoms with Gasteiger partial charge in [-0.1, -0.05) is 54.6 Å². The third kappa shape index (κ3) is 3.61. The van der Waals surface area contributed by atoms with E-state index in [1.807, 2.05) is 42.5 Å². The highest BCUT2D eigenvalue weighted by atomic mass is 32.2. The minimum atomic E-state index is -3.84. The number of hydrogen-bond acceptors (Lipinski definition) is 4. The summed E-state index contributed by atoms with van der Waals surface area (Å²) in [5.74, 6) is -0.916. The Hall–Kier alpha value is -3.39. The van der Waals surface area contributed by atoms with Crippen LogP contribution in [-0.2, 0) is 26.2 Å². The topological polar surface area (TPSA) is 101 Å². The number of anilines is 1. The van der Waals surface area contributed by atoms with Gasteiger partial charge in [-0.2, -0.15) is 0 Å². The van der Waals surface area contributed by atoms with Crippen molar-refractivity contribution >= 4 is 38.3 Å². The van der Waals surface area contributed by atoms with E-state index >= 15 is 0 Å². The molecule has 3 aromatic carbocycles. The van der Waals surface area contributed by atoms with Crippen molar-refractivity contribution in [3.63, 3.8) is 0 Å². The van der Waals surface area contributed by atoms with Gasteiger partial charge in [0.25, 0.3) is 10.0 Å². The maximum Gasteiger partial charge on any atom is 0.265 e. The molecule has 154 valence electrons. The van der Waals surface area contributed by atoms with Gasteiger partial charge in [-0.15, -0.1) is 0 Å². The summed E-state index contributed by atoms with van der Waals surface area (Å²) in [5.41, 5.74) is 6.64. The van der Waals surface area contributed by atoms with Gasteiger partial charge in [-0.05, 0) is 23.1 Å². The molecule has 1 aliphatic rings. The van der Waals surface area contributed by atoms with Gasteiger partial charge in [-0.25, -0.2) is 8.42 Å². The van der Waals surface area contributed by atoms with Gasteiger partial charge >= 0.3 is 0 Å². The Morgan fingerprint density at radius 3 is 2.33 bits per heavy atom. The van der Waals surface area contributed by atoms with Crippen molar-refractivity contribution in [3.8, 4) is 0 Å². The molecule has 1 heterocycles. The fourth-order valence-electron chi connectivity index (χ4n) is 3.69. The lowest BCUT2D eigenvalue weighted by Crippen LogP contribution is -2.42. The first-order valence-corrected chi connectivity index (χ1v) is 11.0. The van der Waals surface area contributed by atoms with Crippen molar-refractivity contribution in [2.24, 2.45) is 5.73 Å². The number of carbonyl (C=O) groups excluding carboxylic acids is 2. The minimum absolute atomic E-state index is 0.00112. The lowest BCUT2D eigenvalue weighted by atomic mass is 10.1. The van der Waals surface area contributed by atoms with Crippen molar-refractivity contribution in [3.05, 3.63) is 72.3 Å². The van der Waals surface area contributed by atoms with Gasteiger partial charge in [0.2, 0.25) is 11.8 Å². The van der Waals surface area contributed by atoms with E-state index in [9.17, 15) is 18.0 Å². The van der Waals surface area contributed by atoms with Crippen LogP contribution in [0.2, 0.25) is 0 Å². The van der Waals surface area contributed by atoms with Crippen molar-refractivity contribution < 1.29 is 18.0 Å². The summed E-state index contributed by atoms with van der Waals surface area (Å²) in [5, 5.41) is 1.43. The maximum absolute atomic E-state index is 13.1. The van der Waals surface area contributed by atoms with Crippen LogP contribution in [0, 0.1) is 0 Å². The number of sulfonamides is 1. The number of nitrogens with zero attached hydrogens (tertiary/aromatic N) is 2. The molecule has 2 amide bonds. The van der Waals surface area contributed by atoms with E-state index in [4.69, 9.17) is 5.73 Å². The number of hydrogen-bond donors (Lipinski definition) is 1. The maximum atomic E-state index is 13.1. The zero-order valence-electron chi connectivity index (χ0n) is 16.2. The molecule has 0 saturated heterocycles. The first kappa shape index (κ1) is 19.9. The third-order valence-corrected chi connectivity index (χ3v) is 6.96. The molecule has 0 spiro atoms. The summed E-state index contributed by atoms with van der Waals surface area (Å²) in [4.78, 5) is 26.1. The van der Waals surface area contributed by atoms with E-state index in [-0.39, 0.29) is 31.0 Å². The Morgan fingerprint density at radius 2 is 1.63 bits per heavy atom. The zero-order chi connectivity index (χ0) is 21.3. The fraction of sp³-hybridized carbons (Fsp3) is 0.182. The minimum Gasteiger partial charge on any atom is -0.370 e. The Kier molecular flexibility index (Phi) is 5.17. The van der Waals surface area contributed by atoms with Crippen LogP contribution in [0.4, 0.5) is 5.69 Å². The number of benzene rings is 3. The highest BCUT2D eigenvalue weighted by Crippen LogP contribution is 2.41. The Morgan fingerprint density at radius 1 is 0.933 bits per heavy atom. The SMILES string of the molecule is NC(=O)CCN(Cc1ccccc1)C(=O)CN1c2cccc3cccc(c23)S1(=O)=O. The quantitative estimate of drug-likeness (QED) is 0.630. The fourth-order valence-corrected chi connectivity index (χ4v) is 5.35. The number of primary amides is 1. The standard InChI is InChI=1S/C22H21N3O4S/c23-20(26)12-13-24(14-16-6-2-1-3-7-16)21(27)15-25-18-10-4-8-17-9-5-11-19(22(17)18)30(25,28)29/h1-11H,12-15H2,(H2,23,26). The van der Waals surface area contributed by atoms with Crippen LogP contribution >= 0.6 is 0 Å². The molecular formula is C22H21N3O4S. The third-order valence-electron chi connectivity index (χ3n) is 5.16. The second kappa shape index (κ2) is 7.79. The molecule has 8 heteroatoms. The molecule has 0 radical (unpaired) electrons. The first-order chi connectivity index (χ1) is 14.4. The lowest BCUT2D eigenvalue weighted by Gasteiger charge is -2.26. The molecular weight excluding hydrogens is 402 g/mol. The van der Waals surface area contributed by atoms with Crippen molar-refractivity contribution in [2.75, 3.05) is 17.4 Å². The second-order valence-corrected chi connectivity index (χ2v) is 8.99.